The highest BCUT2D eigenvalue weighted by Crippen LogP contribution is 2.38. The van der Waals surface area contributed by atoms with Crippen LogP contribution in [0.1, 0.15) is 29.9 Å². The van der Waals surface area contributed by atoms with Crippen LogP contribution < -0.4 is 5.32 Å². The SMILES string of the molecule is Cc1ccc(C2CC(Nc3cccc([N+](=O)[O-])c3)C2)cc1. The van der Waals surface area contributed by atoms with Gasteiger partial charge >= 0.3 is 0 Å². The third-order valence-electron chi connectivity index (χ3n) is 4.11. The summed E-state index contributed by atoms with van der Waals surface area (Å²) in [6, 6.07) is 15.8. The third kappa shape index (κ3) is 3.05. The van der Waals surface area contributed by atoms with Crippen LogP contribution in [0.4, 0.5) is 11.4 Å². The Morgan fingerprint density at radius 1 is 1.14 bits per heavy atom. The summed E-state index contributed by atoms with van der Waals surface area (Å²) < 4.78 is 0. The fourth-order valence-electron chi connectivity index (χ4n) is 2.79. The van der Waals surface area contributed by atoms with Crippen LogP contribution in [0.5, 0.6) is 0 Å². The van der Waals surface area contributed by atoms with Crippen LogP contribution in [-0.2, 0) is 0 Å². The zero-order valence-electron chi connectivity index (χ0n) is 12.0. The molecule has 0 heterocycles. The monoisotopic (exact) mass is 282 g/mol. The van der Waals surface area contributed by atoms with Gasteiger partial charge in [-0.05, 0) is 37.3 Å². The maximum absolute atomic E-state index is 10.8. The maximum atomic E-state index is 10.8. The number of anilines is 1. The Hall–Kier alpha value is -2.36. The van der Waals surface area contributed by atoms with Crippen molar-refractivity contribution >= 4 is 11.4 Å². The topological polar surface area (TPSA) is 55.2 Å². The molecule has 0 saturated heterocycles. The molecular weight excluding hydrogens is 264 g/mol. The molecule has 1 saturated carbocycles. The van der Waals surface area contributed by atoms with E-state index < -0.39 is 0 Å². The number of hydrogen-bond donors (Lipinski definition) is 1. The molecular formula is C17H18N2O2. The van der Waals surface area contributed by atoms with Crippen LogP contribution in [0.25, 0.3) is 0 Å². The Bertz CT molecular complexity index is 646. The fourth-order valence-corrected chi connectivity index (χ4v) is 2.79. The Labute approximate surface area is 124 Å². The van der Waals surface area contributed by atoms with Crippen molar-refractivity contribution < 1.29 is 4.92 Å². The smallest absolute Gasteiger partial charge is 0.271 e. The Morgan fingerprint density at radius 3 is 2.52 bits per heavy atom. The van der Waals surface area contributed by atoms with E-state index in [1.807, 2.05) is 6.07 Å². The zero-order valence-corrected chi connectivity index (χ0v) is 12.0. The van der Waals surface area contributed by atoms with E-state index in [1.165, 1.54) is 17.2 Å². The predicted molar refractivity (Wildman–Crippen MR) is 83.7 cm³/mol. The number of aryl methyl sites for hydroxylation is 1. The number of nitrogens with zero attached hydrogens (tertiary/aromatic N) is 1. The summed E-state index contributed by atoms with van der Waals surface area (Å²) >= 11 is 0. The van der Waals surface area contributed by atoms with E-state index >= 15 is 0 Å². The number of rotatable bonds is 4. The van der Waals surface area contributed by atoms with Crippen molar-refractivity contribution in [2.24, 2.45) is 0 Å². The predicted octanol–water partition coefficient (Wildman–Crippen LogP) is 4.26. The Kier molecular flexibility index (Phi) is 3.60. The maximum Gasteiger partial charge on any atom is 0.271 e. The summed E-state index contributed by atoms with van der Waals surface area (Å²) in [5.74, 6) is 0.599. The first-order chi connectivity index (χ1) is 10.1. The van der Waals surface area contributed by atoms with Crippen molar-refractivity contribution in [1.29, 1.82) is 0 Å². The molecule has 4 heteroatoms. The lowest BCUT2D eigenvalue weighted by molar-refractivity contribution is -0.384. The first kappa shape index (κ1) is 13.6. The Morgan fingerprint density at radius 2 is 1.86 bits per heavy atom. The van der Waals surface area contributed by atoms with Crippen molar-refractivity contribution in [3.63, 3.8) is 0 Å². The molecule has 21 heavy (non-hydrogen) atoms. The normalized spacial score (nSPS) is 20.6. The van der Waals surface area contributed by atoms with E-state index in [9.17, 15) is 10.1 Å². The van der Waals surface area contributed by atoms with Gasteiger partial charge in [-0.25, -0.2) is 0 Å². The Balaban J connectivity index is 1.58. The van der Waals surface area contributed by atoms with Gasteiger partial charge in [-0.15, -0.1) is 0 Å². The molecule has 2 aromatic carbocycles. The first-order valence-corrected chi connectivity index (χ1v) is 7.19. The minimum atomic E-state index is -0.360. The lowest BCUT2D eigenvalue weighted by atomic mass is 9.75. The van der Waals surface area contributed by atoms with Crippen LogP contribution in [0.2, 0.25) is 0 Å². The van der Waals surface area contributed by atoms with Crippen molar-refractivity contribution in [1.82, 2.24) is 0 Å². The van der Waals surface area contributed by atoms with Gasteiger partial charge < -0.3 is 5.32 Å². The van der Waals surface area contributed by atoms with E-state index in [2.05, 4.69) is 36.5 Å². The van der Waals surface area contributed by atoms with E-state index in [4.69, 9.17) is 0 Å². The van der Waals surface area contributed by atoms with Crippen molar-refractivity contribution in [2.45, 2.75) is 31.7 Å². The molecule has 2 aromatic rings. The van der Waals surface area contributed by atoms with Crippen molar-refractivity contribution in [2.75, 3.05) is 5.32 Å². The van der Waals surface area contributed by atoms with Crippen LogP contribution in [0, 0.1) is 17.0 Å². The van der Waals surface area contributed by atoms with E-state index in [1.54, 1.807) is 12.1 Å². The van der Waals surface area contributed by atoms with Crippen molar-refractivity contribution in [3.05, 3.63) is 69.8 Å². The fraction of sp³-hybridized carbons (Fsp3) is 0.294. The summed E-state index contributed by atoms with van der Waals surface area (Å²) in [6.45, 7) is 2.09. The van der Waals surface area contributed by atoms with Crippen LogP contribution >= 0.6 is 0 Å². The van der Waals surface area contributed by atoms with E-state index in [-0.39, 0.29) is 10.6 Å². The van der Waals surface area contributed by atoms with Gasteiger partial charge in [0.15, 0.2) is 0 Å². The number of nitrogens with one attached hydrogen (secondary N) is 1. The number of nitro benzene ring substituents is 1. The summed E-state index contributed by atoms with van der Waals surface area (Å²) in [5.41, 5.74) is 3.63. The highest BCUT2D eigenvalue weighted by Gasteiger charge is 2.30. The molecule has 0 aliphatic heterocycles. The minimum absolute atomic E-state index is 0.134. The third-order valence-corrected chi connectivity index (χ3v) is 4.11. The molecule has 4 nitrogen and oxygen atoms in total. The molecule has 0 atom stereocenters. The molecule has 0 unspecified atom stereocenters. The van der Waals surface area contributed by atoms with Gasteiger partial charge in [-0.3, -0.25) is 10.1 Å². The summed E-state index contributed by atoms with van der Waals surface area (Å²) in [4.78, 5) is 10.4. The van der Waals surface area contributed by atoms with E-state index in [0.717, 1.165) is 18.5 Å². The number of hydrogen-bond acceptors (Lipinski definition) is 3. The average molecular weight is 282 g/mol. The minimum Gasteiger partial charge on any atom is -0.382 e. The van der Waals surface area contributed by atoms with E-state index in [0.29, 0.717) is 12.0 Å². The standard InChI is InChI=1S/C17H18N2O2/c1-12-5-7-13(8-6-12)14-9-16(10-14)18-15-3-2-4-17(11-15)19(20)21/h2-8,11,14,16,18H,9-10H2,1H3. The van der Waals surface area contributed by atoms with Crippen LogP contribution in [-0.4, -0.2) is 11.0 Å². The molecule has 1 aliphatic rings. The second-order valence-corrected chi connectivity index (χ2v) is 5.73. The number of nitro groups is 1. The van der Waals surface area contributed by atoms with Gasteiger partial charge in [0.25, 0.3) is 5.69 Å². The second kappa shape index (κ2) is 5.56. The largest absolute Gasteiger partial charge is 0.382 e. The van der Waals surface area contributed by atoms with Gasteiger partial charge in [-0.2, -0.15) is 0 Å². The van der Waals surface area contributed by atoms with Gasteiger partial charge in [0.05, 0.1) is 4.92 Å². The molecule has 0 amide bonds. The van der Waals surface area contributed by atoms with Gasteiger partial charge in [0.1, 0.15) is 0 Å². The molecule has 0 radical (unpaired) electrons. The zero-order chi connectivity index (χ0) is 14.8. The molecule has 1 N–H and O–H groups in total. The number of non-ortho nitro benzene ring substituents is 1. The highest BCUT2D eigenvalue weighted by atomic mass is 16.6. The molecule has 0 aromatic heterocycles. The highest BCUT2D eigenvalue weighted by molar-refractivity contribution is 5.52. The molecule has 1 fully saturated rings. The molecule has 3 rings (SSSR count). The molecule has 0 bridgehead atoms. The first-order valence-electron chi connectivity index (χ1n) is 7.19. The number of benzene rings is 2. The molecule has 0 spiro atoms. The lowest BCUT2D eigenvalue weighted by Gasteiger charge is -2.37. The second-order valence-electron chi connectivity index (χ2n) is 5.73. The van der Waals surface area contributed by atoms with Gasteiger partial charge in [0, 0.05) is 23.9 Å². The molecule has 108 valence electrons. The summed E-state index contributed by atoms with van der Waals surface area (Å²) in [6.07, 6.45) is 2.15. The van der Waals surface area contributed by atoms with Crippen molar-refractivity contribution in [3.8, 4) is 0 Å². The van der Waals surface area contributed by atoms with Gasteiger partial charge in [-0.1, -0.05) is 35.9 Å². The molecule has 1 aliphatic carbocycles. The van der Waals surface area contributed by atoms with Crippen LogP contribution in [0.15, 0.2) is 48.5 Å². The van der Waals surface area contributed by atoms with Crippen LogP contribution in [0.3, 0.4) is 0 Å². The summed E-state index contributed by atoms with van der Waals surface area (Å²) in [7, 11) is 0. The quantitative estimate of drug-likeness (QED) is 0.673. The summed E-state index contributed by atoms with van der Waals surface area (Å²) in [5, 5.41) is 14.1. The lowest BCUT2D eigenvalue weighted by Crippen LogP contribution is -2.33. The average Bonchev–Trinajstić information content (AvgIpc) is 2.44. The van der Waals surface area contributed by atoms with Gasteiger partial charge in [0.2, 0.25) is 0 Å².